The number of benzene rings is 1. The Balaban J connectivity index is 2.01. The molecule has 23 heavy (non-hydrogen) atoms. The third-order valence-corrected chi connectivity index (χ3v) is 3.02. The Kier molecular flexibility index (Phi) is 5.99. The molecular weight excluding hydrogens is 304 g/mol. The molecule has 0 fully saturated rings. The van der Waals surface area contributed by atoms with E-state index in [1.54, 1.807) is 13.2 Å². The second-order valence-electron chi connectivity index (χ2n) is 4.79. The van der Waals surface area contributed by atoms with Gasteiger partial charge in [-0.1, -0.05) is 0 Å². The van der Waals surface area contributed by atoms with Crippen LogP contribution >= 0.6 is 0 Å². The topological polar surface area (TPSA) is 63.2 Å². The monoisotopic (exact) mass is 321 g/mol. The molecule has 0 atom stereocenters. The predicted octanol–water partition coefficient (Wildman–Crippen LogP) is 2.87. The molecule has 0 aliphatic rings. The van der Waals surface area contributed by atoms with E-state index < -0.39 is 11.6 Å². The summed E-state index contributed by atoms with van der Waals surface area (Å²) < 4.78 is 31.0. The van der Waals surface area contributed by atoms with Gasteiger partial charge in [0.25, 0.3) is 5.91 Å². The Morgan fingerprint density at radius 2 is 2.04 bits per heavy atom. The van der Waals surface area contributed by atoms with Gasteiger partial charge < -0.3 is 15.4 Å². The molecule has 1 aromatic heterocycles. The highest BCUT2D eigenvalue weighted by molar-refractivity contribution is 5.94. The average molecular weight is 321 g/mol. The van der Waals surface area contributed by atoms with Gasteiger partial charge in [0.05, 0.1) is 0 Å². The fourth-order valence-corrected chi connectivity index (χ4v) is 1.88. The number of pyridine rings is 1. The van der Waals surface area contributed by atoms with Crippen molar-refractivity contribution in [1.82, 2.24) is 10.3 Å². The Bertz CT molecular complexity index is 680. The fourth-order valence-electron chi connectivity index (χ4n) is 1.88. The molecule has 0 unspecified atom stereocenters. The maximum absolute atomic E-state index is 13.2. The number of hydrogen-bond acceptors (Lipinski definition) is 4. The van der Waals surface area contributed by atoms with Crippen molar-refractivity contribution in [2.75, 3.05) is 25.6 Å². The van der Waals surface area contributed by atoms with Gasteiger partial charge in [-0.2, -0.15) is 0 Å². The molecule has 7 heteroatoms. The van der Waals surface area contributed by atoms with Gasteiger partial charge in [0.15, 0.2) is 11.6 Å². The summed E-state index contributed by atoms with van der Waals surface area (Å²) in [5.74, 6) is -1.76. The second-order valence-corrected chi connectivity index (χ2v) is 4.79. The molecule has 2 rings (SSSR count). The van der Waals surface area contributed by atoms with Crippen LogP contribution in [0.15, 0.2) is 36.5 Å². The van der Waals surface area contributed by atoms with Crippen molar-refractivity contribution in [3.05, 3.63) is 53.7 Å². The molecule has 0 aliphatic carbocycles. The number of ether oxygens (including phenoxy) is 1. The molecule has 2 N–H and O–H groups in total. The van der Waals surface area contributed by atoms with Gasteiger partial charge in [0.2, 0.25) is 0 Å². The van der Waals surface area contributed by atoms with Gasteiger partial charge in [0, 0.05) is 43.8 Å². The Labute approximate surface area is 132 Å². The molecule has 122 valence electrons. The van der Waals surface area contributed by atoms with Crippen LogP contribution in [0.3, 0.4) is 0 Å². The minimum atomic E-state index is -0.956. The van der Waals surface area contributed by atoms with Crippen molar-refractivity contribution in [2.45, 2.75) is 6.42 Å². The van der Waals surface area contributed by atoms with Crippen LogP contribution in [0.1, 0.15) is 16.8 Å². The summed E-state index contributed by atoms with van der Waals surface area (Å²) in [7, 11) is 1.60. The number of halogens is 2. The first-order valence-corrected chi connectivity index (χ1v) is 7.05. The lowest BCUT2D eigenvalue weighted by Crippen LogP contribution is -2.25. The van der Waals surface area contributed by atoms with Gasteiger partial charge in [-0.15, -0.1) is 0 Å². The maximum Gasteiger partial charge on any atom is 0.251 e. The lowest BCUT2D eigenvalue weighted by Gasteiger charge is -2.08. The van der Waals surface area contributed by atoms with Crippen LogP contribution < -0.4 is 10.6 Å². The fraction of sp³-hybridized carbons (Fsp3) is 0.250. The SMILES string of the molecule is COCCCNC(=O)c1ccnc(Nc2ccc(F)c(F)c2)c1. The molecule has 2 aromatic rings. The zero-order valence-electron chi connectivity index (χ0n) is 12.6. The molecule has 1 amide bonds. The first-order valence-electron chi connectivity index (χ1n) is 7.05. The number of carbonyl (C=O) groups excluding carboxylic acids is 1. The molecular formula is C16H17F2N3O2. The van der Waals surface area contributed by atoms with E-state index in [1.807, 2.05) is 0 Å². The van der Waals surface area contributed by atoms with Crippen molar-refractivity contribution < 1.29 is 18.3 Å². The van der Waals surface area contributed by atoms with E-state index in [4.69, 9.17) is 4.74 Å². The number of carbonyl (C=O) groups is 1. The molecule has 0 saturated carbocycles. The van der Waals surface area contributed by atoms with Crippen molar-refractivity contribution in [3.63, 3.8) is 0 Å². The van der Waals surface area contributed by atoms with E-state index in [9.17, 15) is 13.6 Å². The van der Waals surface area contributed by atoms with Crippen LogP contribution in [0.25, 0.3) is 0 Å². The lowest BCUT2D eigenvalue weighted by molar-refractivity contribution is 0.0948. The average Bonchev–Trinajstić information content (AvgIpc) is 2.55. The summed E-state index contributed by atoms with van der Waals surface area (Å²) in [4.78, 5) is 16.0. The molecule has 0 bridgehead atoms. The van der Waals surface area contributed by atoms with Crippen LogP contribution in [-0.2, 0) is 4.74 Å². The second kappa shape index (κ2) is 8.19. The number of methoxy groups -OCH3 is 1. The highest BCUT2D eigenvalue weighted by atomic mass is 19.2. The van der Waals surface area contributed by atoms with E-state index in [1.165, 1.54) is 18.3 Å². The van der Waals surface area contributed by atoms with E-state index in [-0.39, 0.29) is 5.91 Å². The largest absolute Gasteiger partial charge is 0.385 e. The molecule has 0 radical (unpaired) electrons. The zero-order valence-corrected chi connectivity index (χ0v) is 12.6. The Hall–Kier alpha value is -2.54. The minimum Gasteiger partial charge on any atom is -0.385 e. The number of nitrogens with zero attached hydrogens (tertiary/aromatic N) is 1. The first kappa shape index (κ1) is 16.8. The smallest absolute Gasteiger partial charge is 0.251 e. The summed E-state index contributed by atoms with van der Waals surface area (Å²) in [6.45, 7) is 1.07. The molecule has 1 aromatic carbocycles. The minimum absolute atomic E-state index is 0.239. The Morgan fingerprint density at radius 1 is 1.22 bits per heavy atom. The predicted molar refractivity (Wildman–Crippen MR) is 82.7 cm³/mol. The van der Waals surface area contributed by atoms with Crippen LogP contribution in [0, 0.1) is 11.6 Å². The Morgan fingerprint density at radius 3 is 2.78 bits per heavy atom. The van der Waals surface area contributed by atoms with Gasteiger partial charge >= 0.3 is 0 Å². The van der Waals surface area contributed by atoms with Crippen molar-refractivity contribution in [3.8, 4) is 0 Å². The van der Waals surface area contributed by atoms with Crippen molar-refractivity contribution in [2.24, 2.45) is 0 Å². The normalized spacial score (nSPS) is 10.4. The van der Waals surface area contributed by atoms with Crippen LogP contribution in [0.2, 0.25) is 0 Å². The lowest BCUT2D eigenvalue weighted by atomic mass is 10.2. The summed E-state index contributed by atoms with van der Waals surface area (Å²) in [6, 6.07) is 6.53. The van der Waals surface area contributed by atoms with E-state index >= 15 is 0 Å². The summed E-state index contributed by atoms with van der Waals surface area (Å²) in [5, 5.41) is 5.58. The van der Waals surface area contributed by atoms with E-state index in [0.717, 1.165) is 12.1 Å². The van der Waals surface area contributed by atoms with Crippen LogP contribution in [0.4, 0.5) is 20.3 Å². The maximum atomic E-state index is 13.2. The standard InChI is InChI=1S/C16H17F2N3O2/c1-23-8-2-6-20-16(22)11-5-7-19-15(9-11)21-12-3-4-13(17)14(18)10-12/h3-5,7,9-10H,2,6,8H2,1H3,(H,19,21)(H,20,22). The highest BCUT2D eigenvalue weighted by Crippen LogP contribution is 2.18. The third-order valence-electron chi connectivity index (χ3n) is 3.02. The molecule has 1 heterocycles. The zero-order chi connectivity index (χ0) is 16.7. The van der Waals surface area contributed by atoms with Gasteiger partial charge in [-0.05, 0) is 30.7 Å². The molecule has 0 saturated heterocycles. The van der Waals surface area contributed by atoms with Crippen molar-refractivity contribution in [1.29, 1.82) is 0 Å². The van der Waals surface area contributed by atoms with Crippen LogP contribution in [-0.4, -0.2) is 31.2 Å². The number of nitrogens with one attached hydrogen (secondary N) is 2. The van der Waals surface area contributed by atoms with E-state index in [2.05, 4.69) is 15.6 Å². The highest BCUT2D eigenvalue weighted by Gasteiger charge is 2.08. The van der Waals surface area contributed by atoms with E-state index in [0.29, 0.717) is 36.6 Å². The van der Waals surface area contributed by atoms with Gasteiger partial charge in [0.1, 0.15) is 5.82 Å². The van der Waals surface area contributed by atoms with Crippen molar-refractivity contribution >= 4 is 17.4 Å². The number of amides is 1. The van der Waals surface area contributed by atoms with Crippen LogP contribution in [0.5, 0.6) is 0 Å². The summed E-state index contributed by atoms with van der Waals surface area (Å²) in [6.07, 6.45) is 2.18. The number of aromatic nitrogens is 1. The third kappa shape index (κ3) is 5.00. The quantitative estimate of drug-likeness (QED) is 0.770. The summed E-state index contributed by atoms with van der Waals surface area (Å²) in [5.41, 5.74) is 0.761. The number of hydrogen-bond donors (Lipinski definition) is 2. The molecule has 0 spiro atoms. The first-order chi connectivity index (χ1) is 11.1. The summed E-state index contributed by atoms with van der Waals surface area (Å²) >= 11 is 0. The molecule has 0 aliphatic heterocycles. The number of anilines is 2. The number of rotatable bonds is 7. The molecule has 5 nitrogen and oxygen atoms in total. The van der Waals surface area contributed by atoms with Gasteiger partial charge in [-0.3, -0.25) is 4.79 Å². The van der Waals surface area contributed by atoms with Gasteiger partial charge in [-0.25, -0.2) is 13.8 Å².